The number of carbonyl (C=O) groups is 2. The minimum absolute atomic E-state index is 0.145. The number of ketones is 1. The standard InChI is InChI=1S/C28H19F2N5O3S2/c1-15-22(34-13-3-2-4-20(34)31-15)24(36)21-23(17-7-11-19(30)12-8-17)35(26(38)25(21)37)27-32-33-28(40-27)39-14-16-5-9-18(29)10-6-16/h2-13,23,36H,14H2,1H3. The summed E-state index contributed by atoms with van der Waals surface area (Å²) in [6.45, 7) is 1.69. The van der Waals surface area contributed by atoms with E-state index < -0.39 is 29.3 Å². The molecule has 200 valence electrons. The van der Waals surface area contributed by atoms with Gasteiger partial charge in [-0.3, -0.25) is 18.9 Å². The molecule has 0 bridgehead atoms. The number of halogens is 2. The van der Waals surface area contributed by atoms with E-state index in [4.69, 9.17) is 0 Å². The second-order valence-corrected chi connectivity index (χ2v) is 11.1. The molecule has 1 aliphatic rings. The number of imidazole rings is 1. The molecule has 0 spiro atoms. The molecule has 8 nitrogen and oxygen atoms in total. The fourth-order valence-electron chi connectivity index (χ4n) is 4.60. The lowest BCUT2D eigenvalue weighted by Gasteiger charge is -2.22. The molecule has 3 aromatic heterocycles. The fourth-order valence-corrected chi connectivity index (χ4v) is 6.42. The van der Waals surface area contributed by atoms with E-state index >= 15 is 0 Å². The molecule has 12 heteroatoms. The molecule has 2 aromatic carbocycles. The molecule has 0 radical (unpaired) electrons. The van der Waals surface area contributed by atoms with Crippen LogP contribution in [0, 0.1) is 18.6 Å². The second-order valence-electron chi connectivity index (χ2n) is 8.96. The Morgan fingerprint density at radius 1 is 1.00 bits per heavy atom. The number of pyridine rings is 1. The summed E-state index contributed by atoms with van der Waals surface area (Å²) in [5, 5.41) is 20.0. The van der Waals surface area contributed by atoms with Crippen LogP contribution in [-0.4, -0.2) is 36.4 Å². The topological polar surface area (TPSA) is 101 Å². The first kappa shape index (κ1) is 25.8. The van der Waals surface area contributed by atoms with Crippen LogP contribution < -0.4 is 4.90 Å². The zero-order valence-electron chi connectivity index (χ0n) is 20.8. The van der Waals surface area contributed by atoms with Crippen LogP contribution in [0.4, 0.5) is 13.9 Å². The van der Waals surface area contributed by atoms with Crippen LogP contribution >= 0.6 is 23.1 Å². The number of carbonyl (C=O) groups excluding carboxylic acids is 2. The fraction of sp³-hybridized carbons (Fsp3) is 0.107. The molecule has 6 rings (SSSR count). The molecular weight excluding hydrogens is 556 g/mol. The van der Waals surface area contributed by atoms with E-state index in [1.54, 1.807) is 47.9 Å². The van der Waals surface area contributed by atoms with Gasteiger partial charge in [0.05, 0.1) is 17.3 Å². The average molecular weight is 576 g/mol. The number of thioether (sulfide) groups is 1. The Labute approximate surface area is 234 Å². The second kappa shape index (κ2) is 10.3. The van der Waals surface area contributed by atoms with E-state index in [0.29, 0.717) is 27.0 Å². The molecule has 1 N–H and O–H groups in total. The van der Waals surface area contributed by atoms with Gasteiger partial charge >= 0.3 is 5.91 Å². The molecule has 1 amide bonds. The molecule has 1 unspecified atom stereocenters. The highest BCUT2D eigenvalue weighted by molar-refractivity contribution is 8.00. The number of fused-ring (bicyclic) bond motifs is 1. The van der Waals surface area contributed by atoms with Crippen LogP contribution in [0.1, 0.15) is 28.6 Å². The van der Waals surface area contributed by atoms with Crippen molar-refractivity contribution in [1.29, 1.82) is 0 Å². The summed E-state index contributed by atoms with van der Waals surface area (Å²) in [7, 11) is 0. The lowest BCUT2D eigenvalue weighted by atomic mass is 9.96. The van der Waals surface area contributed by atoms with Gasteiger partial charge in [-0.1, -0.05) is 53.4 Å². The van der Waals surface area contributed by atoms with Gasteiger partial charge in [0, 0.05) is 11.9 Å². The minimum Gasteiger partial charge on any atom is -0.505 e. The van der Waals surface area contributed by atoms with Gasteiger partial charge in [0.25, 0.3) is 5.78 Å². The highest BCUT2D eigenvalue weighted by atomic mass is 32.2. The van der Waals surface area contributed by atoms with Crippen molar-refractivity contribution in [2.24, 2.45) is 0 Å². The largest absolute Gasteiger partial charge is 0.505 e. The first-order valence-electron chi connectivity index (χ1n) is 12.0. The number of aliphatic hydroxyl groups is 1. The van der Waals surface area contributed by atoms with Crippen LogP contribution in [0.15, 0.2) is 82.8 Å². The van der Waals surface area contributed by atoms with Gasteiger partial charge in [-0.2, -0.15) is 0 Å². The summed E-state index contributed by atoms with van der Waals surface area (Å²) in [5.41, 5.74) is 2.40. The van der Waals surface area contributed by atoms with Gasteiger partial charge < -0.3 is 5.11 Å². The Hall–Kier alpha value is -4.42. The molecule has 1 fully saturated rings. The monoisotopic (exact) mass is 575 g/mol. The molecule has 1 saturated heterocycles. The molecule has 40 heavy (non-hydrogen) atoms. The summed E-state index contributed by atoms with van der Waals surface area (Å²) in [6, 6.07) is 15.7. The van der Waals surface area contributed by atoms with Crippen molar-refractivity contribution in [1.82, 2.24) is 19.6 Å². The number of rotatable bonds is 6. The van der Waals surface area contributed by atoms with Crippen LogP contribution in [-0.2, 0) is 15.3 Å². The van der Waals surface area contributed by atoms with Crippen molar-refractivity contribution in [3.63, 3.8) is 0 Å². The highest BCUT2D eigenvalue weighted by Gasteiger charge is 2.48. The first-order valence-corrected chi connectivity index (χ1v) is 13.8. The number of hydrogen-bond donors (Lipinski definition) is 1. The molecule has 0 saturated carbocycles. The van der Waals surface area contributed by atoms with E-state index in [1.807, 2.05) is 0 Å². The SMILES string of the molecule is Cc1nc2ccccn2c1C(O)=C1C(=O)C(=O)N(c2nnc(SCc3ccc(F)cc3)s2)C1c1ccc(F)cc1. The number of amides is 1. The first-order chi connectivity index (χ1) is 19.3. The van der Waals surface area contributed by atoms with E-state index in [2.05, 4.69) is 15.2 Å². The Morgan fingerprint density at radius 3 is 2.42 bits per heavy atom. The summed E-state index contributed by atoms with van der Waals surface area (Å²) >= 11 is 2.45. The number of aryl methyl sites for hydroxylation is 1. The molecule has 4 heterocycles. The smallest absolute Gasteiger partial charge is 0.301 e. The van der Waals surface area contributed by atoms with Crippen molar-refractivity contribution in [3.05, 3.63) is 113 Å². The third-order valence-corrected chi connectivity index (χ3v) is 8.56. The minimum atomic E-state index is -1.09. The number of nitrogens with zero attached hydrogens (tertiary/aromatic N) is 5. The quantitative estimate of drug-likeness (QED) is 0.0913. The van der Waals surface area contributed by atoms with Crippen LogP contribution in [0.25, 0.3) is 11.4 Å². The van der Waals surface area contributed by atoms with Gasteiger partial charge in [-0.05, 0) is 54.4 Å². The number of benzene rings is 2. The summed E-state index contributed by atoms with van der Waals surface area (Å²) in [5.74, 6) is -2.54. The van der Waals surface area contributed by atoms with E-state index in [-0.39, 0.29) is 22.2 Å². The predicted molar refractivity (Wildman–Crippen MR) is 147 cm³/mol. The Balaban J connectivity index is 1.43. The van der Waals surface area contributed by atoms with Gasteiger partial charge in [0.1, 0.15) is 23.0 Å². The predicted octanol–water partition coefficient (Wildman–Crippen LogP) is 5.69. The summed E-state index contributed by atoms with van der Waals surface area (Å²) < 4.78 is 29.2. The van der Waals surface area contributed by atoms with Crippen molar-refractivity contribution in [2.75, 3.05) is 4.90 Å². The van der Waals surface area contributed by atoms with Gasteiger partial charge in [0.15, 0.2) is 10.1 Å². The maximum Gasteiger partial charge on any atom is 0.301 e. The maximum absolute atomic E-state index is 13.8. The molecule has 0 aliphatic carbocycles. The Morgan fingerprint density at radius 2 is 1.70 bits per heavy atom. The van der Waals surface area contributed by atoms with Gasteiger partial charge in [0.2, 0.25) is 5.13 Å². The number of aromatic nitrogens is 4. The highest BCUT2D eigenvalue weighted by Crippen LogP contribution is 2.44. The lowest BCUT2D eigenvalue weighted by molar-refractivity contribution is -0.132. The maximum atomic E-state index is 13.8. The van der Waals surface area contributed by atoms with E-state index in [0.717, 1.165) is 16.9 Å². The van der Waals surface area contributed by atoms with Crippen LogP contribution in [0.3, 0.4) is 0 Å². The number of hydrogen-bond acceptors (Lipinski definition) is 8. The van der Waals surface area contributed by atoms with E-state index in [1.165, 1.54) is 53.1 Å². The normalized spacial score (nSPS) is 16.8. The Kier molecular flexibility index (Phi) is 6.64. The van der Waals surface area contributed by atoms with Crippen LogP contribution in [0.2, 0.25) is 0 Å². The van der Waals surface area contributed by atoms with Crippen molar-refractivity contribution >= 4 is 51.3 Å². The zero-order valence-corrected chi connectivity index (χ0v) is 22.4. The number of anilines is 1. The lowest BCUT2D eigenvalue weighted by Crippen LogP contribution is -2.29. The van der Waals surface area contributed by atoms with Crippen LogP contribution in [0.5, 0.6) is 0 Å². The van der Waals surface area contributed by atoms with Crippen molar-refractivity contribution < 1.29 is 23.5 Å². The van der Waals surface area contributed by atoms with Crippen molar-refractivity contribution in [3.8, 4) is 0 Å². The zero-order chi connectivity index (χ0) is 28.0. The van der Waals surface area contributed by atoms with Gasteiger partial charge in [-0.25, -0.2) is 13.8 Å². The average Bonchev–Trinajstić information content (AvgIpc) is 3.62. The van der Waals surface area contributed by atoms with Crippen molar-refractivity contribution in [2.45, 2.75) is 23.1 Å². The van der Waals surface area contributed by atoms with Gasteiger partial charge in [-0.15, -0.1) is 10.2 Å². The molecule has 1 aliphatic heterocycles. The third kappa shape index (κ3) is 4.54. The van der Waals surface area contributed by atoms with E-state index in [9.17, 15) is 23.5 Å². The molecular formula is C28H19F2N5O3S2. The Bertz CT molecular complexity index is 1800. The molecule has 1 atom stereocenters. The summed E-state index contributed by atoms with van der Waals surface area (Å²) in [6.07, 6.45) is 1.70. The number of Topliss-reactive ketones (excluding diaryl/α,β-unsaturated/α-hetero) is 1. The number of aliphatic hydroxyl groups excluding tert-OH is 1. The third-order valence-electron chi connectivity index (χ3n) is 6.44. The molecule has 5 aromatic rings. The summed E-state index contributed by atoms with van der Waals surface area (Å²) in [4.78, 5) is 32.6.